The van der Waals surface area contributed by atoms with Gasteiger partial charge in [-0.2, -0.15) is 0 Å². The minimum atomic E-state index is -0.828. The van der Waals surface area contributed by atoms with Crippen LogP contribution in [-0.4, -0.2) is 37.7 Å². The molecular weight excluding hydrogens is 350 g/mol. The molecule has 142 valence electrons. The van der Waals surface area contributed by atoms with Gasteiger partial charge >= 0.3 is 11.9 Å². The monoisotopic (exact) mass is 371 g/mol. The third kappa shape index (κ3) is 6.47. The molecular formula is C20H21NO6. The molecule has 0 unspecified atom stereocenters. The van der Waals surface area contributed by atoms with Crippen molar-refractivity contribution in [1.82, 2.24) is 5.32 Å². The Hall–Kier alpha value is -3.35. The van der Waals surface area contributed by atoms with Gasteiger partial charge in [0.1, 0.15) is 5.75 Å². The molecule has 0 heterocycles. The number of esters is 2. The van der Waals surface area contributed by atoms with Crippen molar-refractivity contribution in [3.8, 4) is 5.75 Å². The number of hydrogen-bond acceptors (Lipinski definition) is 6. The van der Waals surface area contributed by atoms with E-state index in [1.54, 1.807) is 55.5 Å². The summed E-state index contributed by atoms with van der Waals surface area (Å²) in [6, 6.07) is 15.5. The zero-order valence-electron chi connectivity index (χ0n) is 15.1. The number of methoxy groups -OCH3 is 1. The Bertz CT molecular complexity index is 773. The summed E-state index contributed by atoms with van der Waals surface area (Å²) in [6.07, 6.45) is -0.828. The van der Waals surface area contributed by atoms with Gasteiger partial charge in [0.15, 0.2) is 12.7 Å². The number of ether oxygens (including phenoxy) is 3. The minimum absolute atomic E-state index is 0.244. The molecule has 1 atom stereocenters. The standard InChI is InChI=1S/C20H21NO6/c1-14(27-17-6-4-3-5-7-17)19(23)26-13-18(22)21-12-15-8-10-16(11-9-15)20(24)25-2/h3-11,14H,12-13H2,1-2H3,(H,21,22)/t14-/m1/s1. The summed E-state index contributed by atoms with van der Waals surface area (Å²) >= 11 is 0. The molecule has 1 N–H and O–H groups in total. The molecule has 0 radical (unpaired) electrons. The van der Waals surface area contributed by atoms with Gasteiger partial charge < -0.3 is 19.5 Å². The predicted molar refractivity (Wildman–Crippen MR) is 97.1 cm³/mol. The van der Waals surface area contributed by atoms with E-state index in [0.717, 1.165) is 5.56 Å². The van der Waals surface area contributed by atoms with Gasteiger partial charge in [-0.3, -0.25) is 4.79 Å². The largest absolute Gasteiger partial charge is 0.479 e. The van der Waals surface area contributed by atoms with Gasteiger partial charge in [-0.15, -0.1) is 0 Å². The first kappa shape index (κ1) is 20.0. The van der Waals surface area contributed by atoms with E-state index in [0.29, 0.717) is 11.3 Å². The Kier molecular flexibility index (Phi) is 7.37. The van der Waals surface area contributed by atoms with E-state index in [2.05, 4.69) is 10.1 Å². The third-order valence-corrected chi connectivity index (χ3v) is 3.60. The number of hydrogen-bond donors (Lipinski definition) is 1. The highest BCUT2D eigenvalue weighted by Crippen LogP contribution is 2.11. The maximum absolute atomic E-state index is 11.9. The van der Waals surface area contributed by atoms with Crippen molar-refractivity contribution in [2.45, 2.75) is 19.6 Å². The fourth-order valence-corrected chi connectivity index (χ4v) is 2.13. The number of rotatable bonds is 8. The molecule has 0 saturated carbocycles. The van der Waals surface area contributed by atoms with Crippen LogP contribution in [-0.2, 0) is 25.6 Å². The second kappa shape index (κ2) is 9.96. The second-order valence-electron chi connectivity index (χ2n) is 5.65. The van der Waals surface area contributed by atoms with Crippen LogP contribution in [0.4, 0.5) is 0 Å². The molecule has 7 nitrogen and oxygen atoms in total. The van der Waals surface area contributed by atoms with Gasteiger partial charge in [0, 0.05) is 6.54 Å². The highest BCUT2D eigenvalue weighted by Gasteiger charge is 2.17. The van der Waals surface area contributed by atoms with Crippen molar-refractivity contribution < 1.29 is 28.6 Å². The van der Waals surface area contributed by atoms with Crippen molar-refractivity contribution in [3.05, 3.63) is 65.7 Å². The normalized spacial score (nSPS) is 11.2. The smallest absolute Gasteiger partial charge is 0.347 e. The van der Waals surface area contributed by atoms with E-state index in [4.69, 9.17) is 9.47 Å². The van der Waals surface area contributed by atoms with E-state index in [1.165, 1.54) is 7.11 Å². The molecule has 7 heteroatoms. The number of benzene rings is 2. The zero-order valence-corrected chi connectivity index (χ0v) is 15.1. The van der Waals surface area contributed by atoms with Crippen molar-refractivity contribution >= 4 is 17.8 Å². The quantitative estimate of drug-likeness (QED) is 0.715. The SMILES string of the molecule is COC(=O)c1ccc(CNC(=O)COC(=O)[C@@H](C)Oc2ccccc2)cc1. The fourth-order valence-electron chi connectivity index (χ4n) is 2.13. The van der Waals surface area contributed by atoms with Crippen molar-refractivity contribution in [2.24, 2.45) is 0 Å². The number of amides is 1. The van der Waals surface area contributed by atoms with Crippen LogP contribution in [0, 0.1) is 0 Å². The molecule has 27 heavy (non-hydrogen) atoms. The molecule has 0 spiro atoms. The van der Waals surface area contributed by atoms with Crippen LogP contribution in [0.15, 0.2) is 54.6 Å². The van der Waals surface area contributed by atoms with Gasteiger partial charge in [0.05, 0.1) is 12.7 Å². The zero-order chi connectivity index (χ0) is 19.6. The Morgan fingerprint density at radius 1 is 1.00 bits per heavy atom. The summed E-state index contributed by atoms with van der Waals surface area (Å²) in [5, 5.41) is 2.63. The molecule has 0 aliphatic heterocycles. The van der Waals surface area contributed by atoms with Gasteiger partial charge in [0.25, 0.3) is 5.91 Å². The molecule has 0 aliphatic carbocycles. The molecule has 0 aliphatic rings. The summed E-state index contributed by atoms with van der Waals surface area (Å²) < 4.78 is 15.0. The van der Waals surface area contributed by atoms with Crippen LogP contribution in [0.2, 0.25) is 0 Å². The first-order valence-electron chi connectivity index (χ1n) is 8.32. The van der Waals surface area contributed by atoms with Gasteiger partial charge in [0.2, 0.25) is 0 Å². The summed E-state index contributed by atoms with van der Waals surface area (Å²) in [5.41, 5.74) is 1.22. The lowest BCUT2D eigenvalue weighted by Crippen LogP contribution is -2.32. The van der Waals surface area contributed by atoms with Gasteiger partial charge in [-0.05, 0) is 36.8 Å². The van der Waals surface area contributed by atoms with E-state index < -0.39 is 30.6 Å². The number of carbonyl (C=O) groups excluding carboxylic acids is 3. The molecule has 0 fully saturated rings. The van der Waals surface area contributed by atoms with E-state index in [1.807, 2.05) is 6.07 Å². The van der Waals surface area contributed by atoms with Gasteiger partial charge in [-0.1, -0.05) is 30.3 Å². The molecule has 2 rings (SSSR count). The lowest BCUT2D eigenvalue weighted by molar-refractivity contribution is -0.154. The Morgan fingerprint density at radius 3 is 2.30 bits per heavy atom. The van der Waals surface area contributed by atoms with E-state index >= 15 is 0 Å². The average Bonchev–Trinajstić information content (AvgIpc) is 2.70. The molecule has 0 bridgehead atoms. The fraction of sp³-hybridized carbons (Fsp3) is 0.250. The predicted octanol–water partition coefficient (Wildman–Crippen LogP) is 2.10. The lowest BCUT2D eigenvalue weighted by Gasteiger charge is -2.13. The van der Waals surface area contributed by atoms with Crippen molar-refractivity contribution in [2.75, 3.05) is 13.7 Å². The summed E-state index contributed by atoms with van der Waals surface area (Å²) in [5.74, 6) is -0.949. The summed E-state index contributed by atoms with van der Waals surface area (Å²) in [6.45, 7) is 1.39. The van der Waals surface area contributed by atoms with Crippen LogP contribution in [0.3, 0.4) is 0 Å². The van der Waals surface area contributed by atoms with E-state index in [9.17, 15) is 14.4 Å². The Morgan fingerprint density at radius 2 is 1.67 bits per heavy atom. The number of para-hydroxylation sites is 1. The van der Waals surface area contributed by atoms with E-state index in [-0.39, 0.29) is 6.54 Å². The van der Waals surface area contributed by atoms with Crippen molar-refractivity contribution in [1.29, 1.82) is 0 Å². The van der Waals surface area contributed by atoms with Crippen LogP contribution in [0.1, 0.15) is 22.8 Å². The Balaban J connectivity index is 1.72. The molecule has 2 aromatic carbocycles. The number of nitrogens with one attached hydrogen (secondary N) is 1. The van der Waals surface area contributed by atoms with Gasteiger partial charge in [-0.25, -0.2) is 9.59 Å². The number of carbonyl (C=O) groups is 3. The Labute approximate surface area is 157 Å². The third-order valence-electron chi connectivity index (χ3n) is 3.60. The van der Waals surface area contributed by atoms with Crippen molar-refractivity contribution in [3.63, 3.8) is 0 Å². The minimum Gasteiger partial charge on any atom is -0.479 e. The highest BCUT2D eigenvalue weighted by atomic mass is 16.6. The van der Waals surface area contributed by atoms with Crippen LogP contribution in [0.5, 0.6) is 5.75 Å². The molecule has 2 aromatic rings. The summed E-state index contributed by atoms with van der Waals surface area (Å²) in [4.78, 5) is 35.1. The van der Waals surface area contributed by atoms with Crippen LogP contribution >= 0.6 is 0 Å². The summed E-state index contributed by atoms with van der Waals surface area (Å²) in [7, 11) is 1.31. The maximum Gasteiger partial charge on any atom is 0.347 e. The first-order valence-corrected chi connectivity index (χ1v) is 8.32. The van der Waals surface area contributed by atoms with Crippen LogP contribution < -0.4 is 10.1 Å². The molecule has 1 amide bonds. The molecule has 0 saturated heterocycles. The first-order chi connectivity index (χ1) is 13.0. The maximum atomic E-state index is 11.9. The molecule has 0 aromatic heterocycles. The second-order valence-corrected chi connectivity index (χ2v) is 5.65. The topological polar surface area (TPSA) is 90.9 Å². The average molecular weight is 371 g/mol. The highest BCUT2D eigenvalue weighted by molar-refractivity contribution is 5.89. The van der Waals surface area contributed by atoms with Crippen LogP contribution in [0.25, 0.3) is 0 Å². The lowest BCUT2D eigenvalue weighted by atomic mass is 10.1.